The smallest absolute Gasteiger partial charge is 0.408 e. The third-order valence-electron chi connectivity index (χ3n) is 4.82. The lowest BCUT2D eigenvalue weighted by Crippen LogP contribution is -2.58. The highest BCUT2D eigenvalue weighted by atomic mass is 16.5. The van der Waals surface area contributed by atoms with E-state index in [9.17, 15) is 24.6 Å². The van der Waals surface area contributed by atoms with Gasteiger partial charge >= 0.3 is 12.1 Å². The van der Waals surface area contributed by atoms with Gasteiger partial charge in [-0.05, 0) is 11.1 Å². The molecule has 4 N–H and O–H groups in total. The first-order valence-electron chi connectivity index (χ1n) is 9.88. The first kappa shape index (κ1) is 23.9. The van der Waals surface area contributed by atoms with Crippen molar-refractivity contribution < 1.29 is 29.3 Å². The molecule has 2 atom stereocenters. The van der Waals surface area contributed by atoms with Gasteiger partial charge in [0.15, 0.2) is 0 Å². The number of aliphatic carboxylic acids is 1. The summed E-state index contributed by atoms with van der Waals surface area (Å²) in [4.78, 5) is 36.9. The van der Waals surface area contributed by atoms with Crippen molar-refractivity contribution in [3.05, 3.63) is 71.8 Å². The number of hydrogen-bond donors (Lipinski definition) is 4. The normalized spacial score (nSPS) is 13.0. The molecule has 166 valence electrons. The molecule has 31 heavy (non-hydrogen) atoms. The van der Waals surface area contributed by atoms with Crippen molar-refractivity contribution in [2.45, 2.75) is 39.0 Å². The molecule has 0 heterocycles. The highest BCUT2D eigenvalue weighted by Gasteiger charge is 2.38. The van der Waals surface area contributed by atoms with Gasteiger partial charge in [-0.25, -0.2) is 9.59 Å². The third-order valence-corrected chi connectivity index (χ3v) is 4.82. The van der Waals surface area contributed by atoms with Crippen LogP contribution >= 0.6 is 0 Å². The van der Waals surface area contributed by atoms with Crippen molar-refractivity contribution in [1.82, 2.24) is 10.6 Å². The minimum Gasteiger partial charge on any atom is -0.480 e. The van der Waals surface area contributed by atoms with Crippen LogP contribution in [0.15, 0.2) is 60.7 Å². The largest absolute Gasteiger partial charge is 0.480 e. The van der Waals surface area contributed by atoms with Crippen molar-refractivity contribution >= 4 is 18.0 Å². The molecule has 2 rings (SSSR count). The number of alkyl carbamates (subject to hydrolysis) is 1. The zero-order valence-corrected chi connectivity index (χ0v) is 17.6. The van der Waals surface area contributed by atoms with Gasteiger partial charge in [-0.3, -0.25) is 4.79 Å². The predicted octanol–water partition coefficient (Wildman–Crippen LogP) is 2.11. The standard InChI is InChI=1S/C23H28N2O6/c1-23(2,15-26)19(25-22(30)31-14-17-11-7-4-8-12-17)20(27)24-18(21(28)29)13-16-9-5-3-6-10-16/h3-12,18-19,26H,13-15H2,1-2H3,(H,24,27)(H,25,30)(H,28,29)/t18-,19+/m0/s1. The Bertz CT molecular complexity index is 870. The summed E-state index contributed by atoms with van der Waals surface area (Å²) >= 11 is 0. The SMILES string of the molecule is CC(C)(CO)[C@H](NC(=O)OCc1ccccc1)C(=O)N[C@@H](Cc1ccccc1)C(=O)O. The molecular weight excluding hydrogens is 400 g/mol. The van der Waals surface area contributed by atoms with Crippen molar-refractivity contribution in [1.29, 1.82) is 0 Å². The minimum atomic E-state index is -1.21. The van der Waals surface area contributed by atoms with E-state index in [2.05, 4.69) is 10.6 Å². The maximum atomic E-state index is 12.9. The number of aliphatic hydroxyl groups excluding tert-OH is 1. The molecule has 2 aromatic carbocycles. The number of nitrogens with one attached hydrogen (secondary N) is 2. The van der Waals surface area contributed by atoms with Crippen LogP contribution in [-0.2, 0) is 27.4 Å². The van der Waals surface area contributed by atoms with Crippen LogP contribution in [0.2, 0.25) is 0 Å². The fourth-order valence-electron chi connectivity index (χ4n) is 2.89. The number of ether oxygens (including phenoxy) is 1. The predicted molar refractivity (Wildman–Crippen MR) is 114 cm³/mol. The fourth-order valence-corrected chi connectivity index (χ4v) is 2.89. The molecule has 0 spiro atoms. The number of carboxylic acid groups (broad SMARTS) is 1. The molecule has 0 aliphatic carbocycles. The summed E-state index contributed by atoms with van der Waals surface area (Å²) in [7, 11) is 0. The maximum absolute atomic E-state index is 12.9. The quantitative estimate of drug-likeness (QED) is 0.459. The van der Waals surface area contributed by atoms with Crippen LogP contribution in [0, 0.1) is 5.41 Å². The van der Waals surface area contributed by atoms with Gasteiger partial charge in [-0.1, -0.05) is 74.5 Å². The van der Waals surface area contributed by atoms with E-state index in [1.165, 1.54) is 0 Å². The van der Waals surface area contributed by atoms with Crippen molar-refractivity contribution in [3.63, 3.8) is 0 Å². The molecule has 0 unspecified atom stereocenters. The Morgan fingerprint density at radius 1 is 0.935 bits per heavy atom. The van der Waals surface area contributed by atoms with E-state index in [1.807, 2.05) is 12.1 Å². The molecule has 0 aromatic heterocycles. The van der Waals surface area contributed by atoms with Crippen molar-refractivity contribution in [3.8, 4) is 0 Å². The summed E-state index contributed by atoms with van der Waals surface area (Å²) in [5.41, 5.74) is 0.448. The number of hydrogen-bond acceptors (Lipinski definition) is 5. The second-order valence-electron chi connectivity index (χ2n) is 7.87. The van der Waals surface area contributed by atoms with Crippen LogP contribution < -0.4 is 10.6 Å². The van der Waals surface area contributed by atoms with E-state index < -0.39 is 42.1 Å². The Morgan fingerprint density at radius 2 is 1.48 bits per heavy atom. The topological polar surface area (TPSA) is 125 Å². The van der Waals surface area contributed by atoms with E-state index in [4.69, 9.17) is 4.74 Å². The second-order valence-corrected chi connectivity index (χ2v) is 7.87. The highest BCUT2D eigenvalue weighted by molar-refractivity contribution is 5.90. The average molecular weight is 428 g/mol. The fraction of sp³-hybridized carbons (Fsp3) is 0.348. The molecule has 0 radical (unpaired) electrons. The number of carbonyl (C=O) groups excluding carboxylic acids is 2. The summed E-state index contributed by atoms with van der Waals surface area (Å²) in [6.07, 6.45) is -0.771. The Balaban J connectivity index is 2.07. The Kier molecular flexibility index (Phi) is 8.57. The zero-order valence-electron chi connectivity index (χ0n) is 17.6. The molecule has 2 aromatic rings. The molecule has 0 aliphatic heterocycles. The molecule has 0 saturated carbocycles. The first-order valence-corrected chi connectivity index (χ1v) is 9.88. The average Bonchev–Trinajstić information content (AvgIpc) is 2.76. The summed E-state index contributed by atoms with van der Waals surface area (Å²) in [6.45, 7) is 2.76. The van der Waals surface area contributed by atoms with Crippen molar-refractivity contribution in [2.24, 2.45) is 5.41 Å². The highest BCUT2D eigenvalue weighted by Crippen LogP contribution is 2.21. The number of aliphatic hydroxyl groups is 1. The van der Waals surface area contributed by atoms with E-state index >= 15 is 0 Å². The van der Waals surface area contributed by atoms with Crippen LogP contribution in [0.25, 0.3) is 0 Å². The number of amides is 2. The Hall–Kier alpha value is -3.39. The van der Waals surface area contributed by atoms with Crippen LogP contribution in [0.1, 0.15) is 25.0 Å². The van der Waals surface area contributed by atoms with E-state index in [-0.39, 0.29) is 13.0 Å². The van der Waals surface area contributed by atoms with Gasteiger partial charge in [0.2, 0.25) is 5.91 Å². The number of rotatable bonds is 10. The maximum Gasteiger partial charge on any atom is 0.408 e. The lowest BCUT2D eigenvalue weighted by Gasteiger charge is -2.32. The molecule has 2 amide bonds. The monoisotopic (exact) mass is 428 g/mol. The Morgan fingerprint density at radius 3 is 2.00 bits per heavy atom. The number of carbonyl (C=O) groups is 3. The summed E-state index contributed by atoms with van der Waals surface area (Å²) in [6, 6.07) is 15.5. The lowest BCUT2D eigenvalue weighted by molar-refractivity contribution is -0.142. The van der Waals surface area contributed by atoms with Gasteiger partial charge in [0.1, 0.15) is 18.7 Å². The van der Waals surface area contributed by atoms with Crippen LogP contribution in [0.3, 0.4) is 0 Å². The van der Waals surface area contributed by atoms with E-state index in [0.29, 0.717) is 0 Å². The molecule has 0 bridgehead atoms. The van der Waals surface area contributed by atoms with Crippen LogP contribution in [-0.4, -0.2) is 46.9 Å². The van der Waals surface area contributed by atoms with Gasteiger partial charge in [-0.15, -0.1) is 0 Å². The number of benzene rings is 2. The lowest BCUT2D eigenvalue weighted by atomic mass is 9.84. The van der Waals surface area contributed by atoms with Gasteiger partial charge < -0.3 is 25.6 Å². The summed E-state index contributed by atoms with van der Waals surface area (Å²) in [5.74, 6) is -1.93. The summed E-state index contributed by atoms with van der Waals surface area (Å²) in [5, 5.41) is 24.2. The van der Waals surface area contributed by atoms with Gasteiger partial charge in [0.05, 0.1) is 6.61 Å². The molecule has 8 heteroatoms. The Labute approximate surface area is 181 Å². The minimum absolute atomic E-state index is 0.00627. The van der Waals surface area contributed by atoms with Gasteiger partial charge in [0.25, 0.3) is 0 Å². The van der Waals surface area contributed by atoms with E-state index in [0.717, 1.165) is 11.1 Å². The summed E-state index contributed by atoms with van der Waals surface area (Å²) < 4.78 is 5.17. The molecular formula is C23H28N2O6. The van der Waals surface area contributed by atoms with Crippen LogP contribution in [0.5, 0.6) is 0 Å². The second kappa shape index (κ2) is 11.1. The molecule has 0 fully saturated rings. The zero-order chi connectivity index (χ0) is 22.9. The first-order chi connectivity index (χ1) is 14.7. The molecule has 0 saturated heterocycles. The molecule has 0 aliphatic rings. The van der Waals surface area contributed by atoms with Crippen molar-refractivity contribution in [2.75, 3.05) is 6.61 Å². The molecule has 8 nitrogen and oxygen atoms in total. The number of carboxylic acids is 1. The van der Waals surface area contributed by atoms with Crippen LogP contribution in [0.4, 0.5) is 4.79 Å². The van der Waals surface area contributed by atoms with E-state index in [1.54, 1.807) is 62.4 Å². The van der Waals surface area contributed by atoms with Gasteiger partial charge in [0, 0.05) is 11.8 Å². The van der Waals surface area contributed by atoms with Gasteiger partial charge in [-0.2, -0.15) is 0 Å². The third kappa shape index (κ3) is 7.42.